The summed E-state index contributed by atoms with van der Waals surface area (Å²) >= 11 is 0. The maximum atomic E-state index is 10.9. The predicted molar refractivity (Wildman–Crippen MR) is 40.5 cm³/mol. The van der Waals surface area contributed by atoms with E-state index in [0.717, 1.165) is 19.5 Å². The van der Waals surface area contributed by atoms with Gasteiger partial charge in [0.2, 0.25) is 0 Å². The molecule has 0 aromatic rings. The van der Waals surface area contributed by atoms with E-state index in [1.165, 1.54) is 0 Å². The average Bonchev–Trinajstić information content (AvgIpc) is 1.95. The van der Waals surface area contributed by atoms with Crippen LogP contribution in [0.5, 0.6) is 0 Å². The smallest absolute Gasteiger partial charge is 0.382 e. The van der Waals surface area contributed by atoms with E-state index in [4.69, 9.17) is 4.74 Å². The van der Waals surface area contributed by atoms with E-state index in [0.29, 0.717) is 6.61 Å². The first-order valence-corrected chi connectivity index (χ1v) is 3.92. The number of amides is 1. The summed E-state index contributed by atoms with van der Waals surface area (Å²) in [5.74, 6) is 0. The van der Waals surface area contributed by atoms with Crippen LogP contribution in [-0.2, 0) is 14.5 Å². The molecule has 5 nitrogen and oxygen atoms in total. The Hall–Kier alpha value is -0.810. The van der Waals surface area contributed by atoms with Crippen molar-refractivity contribution >= 4 is 6.09 Å². The van der Waals surface area contributed by atoms with Crippen LogP contribution in [0, 0.1) is 0 Å². The molecule has 1 heterocycles. The first-order valence-electron chi connectivity index (χ1n) is 3.92. The Kier molecular flexibility index (Phi) is 3.83. The summed E-state index contributed by atoms with van der Waals surface area (Å²) in [5.41, 5.74) is 0. The van der Waals surface area contributed by atoms with Gasteiger partial charge in [0, 0.05) is 20.2 Å². The highest BCUT2D eigenvalue weighted by Gasteiger charge is 2.22. The molecule has 0 bridgehead atoms. The maximum Gasteiger partial charge on any atom is 0.441 e. The first-order chi connectivity index (χ1) is 5.84. The van der Waals surface area contributed by atoms with E-state index in [1.54, 1.807) is 12.0 Å². The van der Waals surface area contributed by atoms with Crippen molar-refractivity contribution in [3.8, 4) is 0 Å². The van der Waals surface area contributed by atoms with Crippen molar-refractivity contribution in [3.63, 3.8) is 0 Å². The number of nitrogens with zero attached hydrogens (tertiary/aromatic N) is 1. The van der Waals surface area contributed by atoms with Gasteiger partial charge in [0.25, 0.3) is 0 Å². The van der Waals surface area contributed by atoms with E-state index in [2.05, 4.69) is 9.78 Å². The number of methoxy groups -OCH3 is 1. The van der Waals surface area contributed by atoms with Gasteiger partial charge < -0.3 is 9.64 Å². The van der Waals surface area contributed by atoms with Gasteiger partial charge >= 0.3 is 6.09 Å². The summed E-state index contributed by atoms with van der Waals surface area (Å²) in [6.07, 6.45) is 0.644. The maximum absolute atomic E-state index is 10.9. The highest BCUT2D eigenvalue weighted by Crippen LogP contribution is 2.07. The summed E-state index contributed by atoms with van der Waals surface area (Å²) in [7, 11) is 1.56. The molecule has 0 aliphatic carbocycles. The van der Waals surface area contributed by atoms with Crippen LogP contribution in [0.25, 0.3) is 0 Å². The zero-order valence-corrected chi connectivity index (χ0v) is 7.12. The molecule has 1 saturated heterocycles. The zero-order valence-electron chi connectivity index (χ0n) is 7.12. The summed E-state index contributed by atoms with van der Waals surface area (Å²) in [4.78, 5) is 21.5. The van der Waals surface area contributed by atoms with Gasteiger partial charge in [-0.25, -0.2) is 4.79 Å². The number of rotatable bonds is 4. The fourth-order valence-corrected chi connectivity index (χ4v) is 0.761. The van der Waals surface area contributed by atoms with Crippen molar-refractivity contribution < 1.29 is 19.3 Å². The minimum atomic E-state index is -0.405. The molecule has 1 aliphatic heterocycles. The molecule has 0 aromatic carbocycles. The van der Waals surface area contributed by atoms with Crippen molar-refractivity contribution in [1.82, 2.24) is 4.90 Å². The third-order valence-corrected chi connectivity index (χ3v) is 1.62. The van der Waals surface area contributed by atoms with Crippen LogP contribution in [0.3, 0.4) is 0 Å². The summed E-state index contributed by atoms with van der Waals surface area (Å²) < 4.78 is 4.69. The molecular weight excluding hydrogens is 162 g/mol. The monoisotopic (exact) mass is 175 g/mol. The van der Waals surface area contributed by atoms with Crippen molar-refractivity contribution in [2.75, 3.05) is 33.4 Å². The van der Waals surface area contributed by atoms with E-state index in [9.17, 15) is 4.79 Å². The van der Waals surface area contributed by atoms with Gasteiger partial charge in [0.05, 0.1) is 6.61 Å². The van der Waals surface area contributed by atoms with Gasteiger partial charge in [-0.3, -0.25) is 4.89 Å². The van der Waals surface area contributed by atoms with Gasteiger partial charge in [-0.2, -0.15) is 4.89 Å². The highest BCUT2D eigenvalue weighted by atomic mass is 17.2. The topological polar surface area (TPSA) is 48.0 Å². The van der Waals surface area contributed by atoms with E-state index in [-0.39, 0.29) is 6.61 Å². The molecule has 1 aliphatic rings. The second kappa shape index (κ2) is 4.95. The summed E-state index contributed by atoms with van der Waals surface area (Å²) in [5, 5.41) is 0. The predicted octanol–water partition coefficient (Wildman–Crippen LogP) is 0.407. The van der Waals surface area contributed by atoms with Crippen molar-refractivity contribution in [1.29, 1.82) is 0 Å². The van der Waals surface area contributed by atoms with E-state index >= 15 is 0 Å². The van der Waals surface area contributed by atoms with Crippen molar-refractivity contribution in [2.45, 2.75) is 6.42 Å². The molecule has 1 amide bonds. The van der Waals surface area contributed by atoms with Crippen LogP contribution in [0.15, 0.2) is 0 Å². The Morgan fingerprint density at radius 1 is 1.42 bits per heavy atom. The second-order valence-corrected chi connectivity index (χ2v) is 2.50. The van der Waals surface area contributed by atoms with Crippen LogP contribution in [-0.4, -0.2) is 44.4 Å². The van der Waals surface area contributed by atoms with Crippen LogP contribution >= 0.6 is 0 Å². The molecule has 0 aromatic heterocycles. The number of hydrogen-bond donors (Lipinski definition) is 0. The Bertz CT molecular complexity index is 146. The SMILES string of the molecule is COCCOOC(=O)N1CCC1. The molecule has 0 spiro atoms. The number of hydrogen-bond acceptors (Lipinski definition) is 4. The fraction of sp³-hybridized carbons (Fsp3) is 0.857. The van der Waals surface area contributed by atoms with Crippen LogP contribution in [0.1, 0.15) is 6.42 Å². The van der Waals surface area contributed by atoms with E-state index < -0.39 is 6.09 Å². The van der Waals surface area contributed by atoms with Gasteiger partial charge in [-0.05, 0) is 6.42 Å². The quantitative estimate of drug-likeness (QED) is 0.352. The molecule has 0 N–H and O–H groups in total. The Morgan fingerprint density at radius 3 is 2.67 bits per heavy atom. The minimum Gasteiger partial charge on any atom is -0.382 e. The van der Waals surface area contributed by atoms with Gasteiger partial charge in [-0.1, -0.05) is 0 Å². The lowest BCUT2D eigenvalue weighted by Crippen LogP contribution is -2.42. The minimum absolute atomic E-state index is 0.274. The molecule has 5 heteroatoms. The molecule has 0 atom stereocenters. The molecule has 1 rings (SSSR count). The third-order valence-electron chi connectivity index (χ3n) is 1.62. The average molecular weight is 175 g/mol. The number of ether oxygens (including phenoxy) is 1. The van der Waals surface area contributed by atoms with Gasteiger partial charge in [-0.15, -0.1) is 0 Å². The van der Waals surface area contributed by atoms with Gasteiger partial charge in [0.15, 0.2) is 0 Å². The summed E-state index contributed by atoms with van der Waals surface area (Å²) in [6, 6.07) is 0. The third kappa shape index (κ3) is 2.67. The van der Waals surface area contributed by atoms with Gasteiger partial charge in [0.1, 0.15) is 6.61 Å². The molecule has 0 radical (unpaired) electrons. The van der Waals surface area contributed by atoms with Crippen LogP contribution < -0.4 is 0 Å². The van der Waals surface area contributed by atoms with Crippen LogP contribution in [0.4, 0.5) is 4.79 Å². The Morgan fingerprint density at radius 2 is 2.17 bits per heavy atom. The summed E-state index contributed by atoms with van der Waals surface area (Å²) in [6.45, 7) is 2.24. The fourth-order valence-electron chi connectivity index (χ4n) is 0.761. The molecule has 70 valence electrons. The normalized spacial score (nSPS) is 15.6. The largest absolute Gasteiger partial charge is 0.441 e. The lowest BCUT2D eigenvalue weighted by Gasteiger charge is -2.28. The molecule has 0 saturated carbocycles. The molecule has 12 heavy (non-hydrogen) atoms. The lowest BCUT2D eigenvalue weighted by molar-refractivity contribution is -0.252. The number of likely N-dealkylation sites (tertiary alicyclic amines) is 1. The molecule has 1 fully saturated rings. The van der Waals surface area contributed by atoms with Crippen molar-refractivity contribution in [2.24, 2.45) is 0 Å². The zero-order chi connectivity index (χ0) is 8.81. The standard InChI is InChI=1S/C7H13NO4/c1-10-5-6-11-12-7(9)8-3-2-4-8/h2-6H2,1H3. The number of carbonyl (C=O) groups is 1. The number of carbonyl (C=O) groups excluding carboxylic acids is 1. The highest BCUT2D eigenvalue weighted by molar-refractivity contribution is 5.67. The molecular formula is C7H13NO4. The van der Waals surface area contributed by atoms with Crippen LogP contribution in [0.2, 0.25) is 0 Å². The first kappa shape index (κ1) is 9.28. The van der Waals surface area contributed by atoms with Crippen molar-refractivity contribution in [3.05, 3.63) is 0 Å². The van der Waals surface area contributed by atoms with E-state index in [1.807, 2.05) is 0 Å². The molecule has 0 unspecified atom stereocenters. The Balaban J connectivity index is 1.94. The Labute approximate surface area is 71.1 Å². The second-order valence-electron chi connectivity index (χ2n) is 2.50. The lowest BCUT2D eigenvalue weighted by atomic mass is 10.2.